The minimum atomic E-state index is -0.349. The zero-order valence-electron chi connectivity index (χ0n) is 12.3. The zero-order valence-corrected chi connectivity index (χ0v) is 12.3. The van der Waals surface area contributed by atoms with E-state index in [2.05, 4.69) is 5.32 Å². The minimum Gasteiger partial charge on any atom is -0.356 e. The van der Waals surface area contributed by atoms with Gasteiger partial charge in [0.05, 0.1) is 0 Å². The number of carbonyl (C=O) groups is 2. The van der Waals surface area contributed by atoms with E-state index >= 15 is 0 Å². The summed E-state index contributed by atoms with van der Waals surface area (Å²) in [5, 5.41) is 2.90. The molecule has 0 unspecified atom stereocenters. The van der Waals surface area contributed by atoms with Gasteiger partial charge in [0, 0.05) is 31.1 Å². The highest BCUT2D eigenvalue weighted by Gasteiger charge is 2.27. The van der Waals surface area contributed by atoms with Gasteiger partial charge in [-0.05, 0) is 43.5 Å². The lowest BCUT2D eigenvalue weighted by Gasteiger charge is -2.31. The molecule has 1 saturated heterocycles. The average Bonchev–Trinajstić information content (AvgIpc) is 2.53. The van der Waals surface area contributed by atoms with Crippen LogP contribution in [-0.4, -0.2) is 36.3 Å². The maximum Gasteiger partial charge on any atom is 0.253 e. The first-order valence-electron chi connectivity index (χ1n) is 7.44. The van der Waals surface area contributed by atoms with Crippen LogP contribution in [0.25, 0.3) is 0 Å². The number of hydrogen-bond donors (Lipinski definition) is 1. The van der Waals surface area contributed by atoms with Crippen molar-refractivity contribution in [2.75, 3.05) is 19.6 Å². The molecule has 1 aromatic rings. The van der Waals surface area contributed by atoms with Gasteiger partial charge in [-0.2, -0.15) is 0 Å². The van der Waals surface area contributed by atoms with Crippen LogP contribution in [0.1, 0.15) is 36.5 Å². The number of halogens is 1. The van der Waals surface area contributed by atoms with E-state index in [4.69, 9.17) is 0 Å². The maximum absolute atomic E-state index is 12.9. The molecule has 4 nitrogen and oxygen atoms in total. The number of carbonyl (C=O) groups excluding carboxylic acids is 2. The molecule has 0 atom stereocenters. The Morgan fingerprint density at radius 1 is 1.24 bits per heavy atom. The first-order valence-corrected chi connectivity index (χ1v) is 7.44. The van der Waals surface area contributed by atoms with Crippen LogP contribution in [0.5, 0.6) is 0 Å². The Labute approximate surface area is 124 Å². The molecule has 1 aromatic carbocycles. The van der Waals surface area contributed by atoms with Gasteiger partial charge in [-0.3, -0.25) is 9.59 Å². The largest absolute Gasteiger partial charge is 0.356 e. The first kappa shape index (κ1) is 15.5. The standard InChI is InChI=1S/C16H21FN2O2/c1-2-9-18-15(20)12-7-10-19(11-8-12)16(21)13-3-5-14(17)6-4-13/h3-6,12H,2,7-11H2,1H3,(H,18,20). The van der Waals surface area contributed by atoms with Crippen LogP contribution in [-0.2, 0) is 4.79 Å². The number of benzene rings is 1. The third kappa shape index (κ3) is 4.03. The van der Waals surface area contributed by atoms with Gasteiger partial charge < -0.3 is 10.2 Å². The van der Waals surface area contributed by atoms with E-state index in [1.165, 1.54) is 24.3 Å². The summed E-state index contributed by atoms with van der Waals surface area (Å²) in [6, 6.07) is 5.58. The van der Waals surface area contributed by atoms with Gasteiger partial charge in [-0.1, -0.05) is 6.92 Å². The number of piperidine rings is 1. The average molecular weight is 292 g/mol. The van der Waals surface area contributed by atoms with Crippen molar-refractivity contribution in [2.24, 2.45) is 5.92 Å². The first-order chi connectivity index (χ1) is 10.1. The number of amides is 2. The molecule has 1 heterocycles. The molecule has 0 aromatic heterocycles. The monoisotopic (exact) mass is 292 g/mol. The van der Waals surface area contributed by atoms with E-state index in [0.29, 0.717) is 38.0 Å². The molecule has 2 amide bonds. The lowest BCUT2D eigenvalue weighted by atomic mass is 9.95. The van der Waals surface area contributed by atoms with E-state index < -0.39 is 0 Å². The molecule has 21 heavy (non-hydrogen) atoms. The Hall–Kier alpha value is -1.91. The topological polar surface area (TPSA) is 49.4 Å². The fraction of sp³-hybridized carbons (Fsp3) is 0.500. The van der Waals surface area contributed by atoms with Crippen LogP contribution < -0.4 is 5.32 Å². The number of nitrogens with one attached hydrogen (secondary N) is 1. The van der Waals surface area contributed by atoms with Crippen molar-refractivity contribution in [1.29, 1.82) is 0 Å². The fourth-order valence-corrected chi connectivity index (χ4v) is 2.51. The van der Waals surface area contributed by atoms with Gasteiger partial charge in [0.1, 0.15) is 5.82 Å². The molecular weight excluding hydrogens is 271 g/mol. The van der Waals surface area contributed by atoms with Gasteiger partial charge in [-0.25, -0.2) is 4.39 Å². The molecule has 5 heteroatoms. The number of likely N-dealkylation sites (tertiary alicyclic amines) is 1. The Bertz CT molecular complexity index is 494. The highest BCUT2D eigenvalue weighted by molar-refractivity contribution is 5.94. The Kier molecular flexibility index (Phi) is 5.31. The normalized spacial score (nSPS) is 15.8. The molecule has 0 radical (unpaired) electrons. The van der Waals surface area contributed by atoms with Crippen LogP contribution in [0.3, 0.4) is 0 Å². The Morgan fingerprint density at radius 2 is 1.86 bits per heavy atom. The van der Waals surface area contributed by atoms with Crippen LogP contribution >= 0.6 is 0 Å². The predicted molar refractivity (Wildman–Crippen MR) is 78.3 cm³/mol. The van der Waals surface area contributed by atoms with Crippen molar-refractivity contribution < 1.29 is 14.0 Å². The molecule has 0 bridgehead atoms. The summed E-state index contributed by atoms with van der Waals surface area (Å²) in [4.78, 5) is 25.9. The highest BCUT2D eigenvalue weighted by Crippen LogP contribution is 2.19. The summed E-state index contributed by atoms with van der Waals surface area (Å²) in [5.41, 5.74) is 0.491. The van der Waals surface area contributed by atoms with E-state index in [1.54, 1.807) is 4.90 Å². The second kappa shape index (κ2) is 7.20. The van der Waals surface area contributed by atoms with Gasteiger partial charge in [0.25, 0.3) is 5.91 Å². The maximum atomic E-state index is 12.9. The van der Waals surface area contributed by atoms with Crippen LogP contribution in [0.4, 0.5) is 4.39 Å². The zero-order chi connectivity index (χ0) is 15.2. The van der Waals surface area contributed by atoms with Crippen molar-refractivity contribution in [1.82, 2.24) is 10.2 Å². The predicted octanol–water partition coefficient (Wildman–Crippen LogP) is 2.20. The fourth-order valence-electron chi connectivity index (χ4n) is 2.51. The summed E-state index contributed by atoms with van der Waals surface area (Å²) in [6.45, 7) is 3.86. The van der Waals surface area contributed by atoms with Crippen molar-refractivity contribution in [3.63, 3.8) is 0 Å². The summed E-state index contributed by atoms with van der Waals surface area (Å²) < 4.78 is 12.9. The van der Waals surface area contributed by atoms with Crippen molar-refractivity contribution in [2.45, 2.75) is 26.2 Å². The molecular formula is C16H21FN2O2. The van der Waals surface area contributed by atoms with E-state index in [0.717, 1.165) is 6.42 Å². The molecule has 114 valence electrons. The Balaban J connectivity index is 1.87. The Morgan fingerprint density at radius 3 is 2.43 bits per heavy atom. The lowest BCUT2D eigenvalue weighted by molar-refractivity contribution is -0.126. The van der Waals surface area contributed by atoms with Gasteiger partial charge in [-0.15, -0.1) is 0 Å². The highest BCUT2D eigenvalue weighted by atomic mass is 19.1. The molecule has 0 spiro atoms. The van der Waals surface area contributed by atoms with E-state index in [-0.39, 0.29) is 23.5 Å². The summed E-state index contributed by atoms with van der Waals surface area (Å²) >= 11 is 0. The number of hydrogen-bond acceptors (Lipinski definition) is 2. The van der Waals surface area contributed by atoms with Crippen LogP contribution in [0, 0.1) is 11.7 Å². The molecule has 1 aliphatic heterocycles. The van der Waals surface area contributed by atoms with E-state index in [1.807, 2.05) is 6.92 Å². The minimum absolute atomic E-state index is 0.00572. The molecule has 0 saturated carbocycles. The van der Waals surface area contributed by atoms with Crippen LogP contribution in [0.2, 0.25) is 0 Å². The smallest absolute Gasteiger partial charge is 0.253 e. The van der Waals surface area contributed by atoms with Crippen molar-refractivity contribution in [3.05, 3.63) is 35.6 Å². The number of nitrogens with zero attached hydrogens (tertiary/aromatic N) is 1. The van der Waals surface area contributed by atoms with Crippen molar-refractivity contribution >= 4 is 11.8 Å². The quantitative estimate of drug-likeness (QED) is 0.925. The summed E-state index contributed by atoms with van der Waals surface area (Å²) in [7, 11) is 0. The second-order valence-electron chi connectivity index (χ2n) is 5.36. The lowest BCUT2D eigenvalue weighted by Crippen LogP contribution is -2.43. The van der Waals surface area contributed by atoms with Crippen LogP contribution in [0.15, 0.2) is 24.3 Å². The number of rotatable bonds is 4. The molecule has 1 N–H and O–H groups in total. The summed E-state index contributed by atoms with van der Waals surface area (Å²) in [6.07, 6.45) is 2.29. The molecule has 0 aliphatic carbocycles. The second-order valence-corrected chi connectivity index (χ2v) is 5.36. The molecule has 1 fully saturated rings. The molecule has 2 rings (SSSR count). The SMILES string of the molecule is CCCNC(=O)C1CCN(C(=O)c2ccc(F)cc2)CC1. The van der Waals surface area contributed by atoms with E-state index in [9.17, 15) is 14.0 Å². The van der Waals surface area contributed by atoms with Gasteiger partial charge in [0.15, 0.2) is 0 Å². The third-order valence-electron chi connectivity index (χ3n) is 3.79. The summed E-state index contributed by atoms with van der Waals surface area (Å²) in [5.74, 6) is -0.361. The van der Waals surface area contributed by atoms with Gasteiger partial charge >= 0.3 is 0 Å². The third-order valence-corrected chi connectivity index (χ3v) is 3.79. The van der Waals surface area contributed by atoms with Crippen molar-refractivity contribution in [3.8, 4) is 0 Å². The molecule has 1 aliphatic rings. The van der Waals surface area contributed by atoms with Gasteiger partial charge in [0.2, 0.25) is 5.91 Å².